The van der Waals surface area contributed by atoms with Crippen LogP contribution in [0.1, 0.15) is 11.1 Å². The first-order valence-electron chi connectivity index (χ1n) is 7.82. The highest BCUT2D eigenvalue weighted by molar-refractivity contribution is 6.10. The molecule has 2 rings (SSSR count). The molecule has 0 bridgehead atoms. The number of aryl methyl sites for hydroxylation is 1. The Morgan fingerprint density at radius 2 is 1.69 bits per heavy atom. The molecule has 0 aliphatic heterocycles. The average molecular weight is 352 g/mol. The van der Waals surface area contributed by atoms with Crippen molar-refractivity contribution in [2.75, 3.05) is 26.6 Å². The van der Waals surface area contributed by atoms with E-state index in [0.29, 0.717) is 28.5 Å². The fourth-order valence-electron chi connectivity index (χ4n) is 2.40. The van der Waals surface area contributed by atoms with E-state index in [4.69, 9.17) is 14.2 Å². The van der Waals surface area contributed by atoms with Crippen LogP contribution in [0.25, 0.3) is 6.08 Å². The van der Waals surface area contributed by atoms with Gasteiger partial charge in [0.2, 0.25) is 5.75 Å². The number of para-hydroxylation sites is 1. The van der Waals surface area contributed by atoms with Gasteiger partial charge in [-0.2, -0.15) is 5.26 Å². The molecule has 2 aromatic rings. The molecule has 0 atom stereocenters. The minimum atomic E-state index is -0.490. The highest BCUT2D eigenvalue weighted by atomic mass is 16.5. The van der Waals surface area contributed by atoms with Gasteiger partial charge >= 0.3 is 0 Å². The molecular formula is C20H20N2O4. The third-order valence-electron chi connectivity index (χ3n) is 3.76. The molecule has 0 fully saturated rings. The van der Waals surface area contributed by atoms with E-state index in [9.17, 15) is 10.1 Å². The predicted octanol–water partition coefficient (Wildman–Crippen LogP) is 3.57. The van der Waals surface area contributed by atoms with E-state index in [2.05, 4.69) is 5.32 Å². The van der Waals surface area contributed by atoms with Crippen LogP contribution in [0.5, 0.6) is 17.2 Å². The second-order valence-corrected chi connectivity index (χ2v) is 5.40. The van der Waals surface area contributed by atoms with Gasteiger partial charge in [-0.15, -0.1) is 0 Å². The van der Waals surface area contributed by atoms with Crippen LogP contribution in [-0.2, 0) is 4.79 Å². The molecule has 0 spiro atoms. The van der Waals surface area contributed by atoms with Crippen molar-refractivity contribution < 1.29 is 19.0 Å². The largest absolute Gasteiger partial charge is 0.493 e. The summed E-state index contributed by atoms with van der Waals surface area (Å²) in [7, 11) is 4.51. The SMILES string of the molecule is COc1cc(/C=C(/C#N)C(=O)Nc2ccccc2C)cc(OC)c1OC. The van der Waals surface area contributed by atoms with Crippen molar-refractivity contribution in [3.8, 4) is 23.3 Å². The van der Waals surface area contributed by atoms with Crippen LogP contribution in [-0.4, -0.2) is 27.2 Å². The van der Waals surface area contributed by atoms with Gasteiger partial charge in [0.1, 0.15) is 11.6 Å². The van der Waals surface area contributed by atoms with E-state index in [0.717, 1.165) is 5.56 Å². The molecule has 6 heteroatoms. The van der Waals surface area contributed by atoms with Gasteiger partial charge in [-0.1, -0.05) is 18.2 Å². The molecule has 134 valence electrons. The Bertz CT molecular complexity index is 857. The minimum Gasteiger partial charge on any atom is -0.493 e. The Kier molecular flexibility index (Phi) is 6.23. The Labute approximate surface area is 152 Å². The number of ether oxygens (including phenoxy) is 3. The van der Waals surface area contributed by atoms with Gasteiger partial charge < -0.3 is 19.5 Å². The third kappa shape index (κ3) is 4.14. The molecule has 0 radical (unpaired) electrons. The van der Waals surface area contributed by atoms with Crippen molar-refractivity contribution in [3.63, 3.8) is 0 Å². The molecule has 1 N–H and O–H groups in total. The zero-order valence-corrected chi connectivity index (χ0v) is 15.1. The van der Waals surface area contributed by atoms with Crippen molar-refractivity contribution in [2.24, 2.45) is 0 Å². The number of nitrogens with zero attached hydrogens (tertiary/aromatic N) is 1. The average Bonchev–Trinajstić information content (AvgIpc) is 2.66. The monoisotopic (exact) mass is 352 g/mol. The van der Waals surface area contributed by atoms with Crippen LogP contribution >= 0.6 is 0 Å². The lowest BCUT2D eigenvalue weighted by atomic mass is 10.1. The van der Waals surface area contributed by atoms with E-state index in [1.54, 1.807) is 18.2 Å². The highest BCUT2D eigenvalue weighted by Gasteiger charge is 2.15. The standard InChI is InChI=1S/C20H20N2O4/c1-13-7-5-6-8-16(13)22-20(23)15(12-21)9-14-10-17(24-2)19(26-4)18(11-14)25-3/h5-11H,1-4H3,(H,22,23)/b15-9-. The number of hydrogen-bond acceptors (Lipinski definition) is 5. The Hall–Kier alpha value is -3.46. The second-order valence-electron chi connectivity index (χ2n) is 5.40. The summed E-state index contributed by atoms with van der Waals surface area (Å²) in [6.45, 7) is 1.88. The van der Waals surface area contributed by atoms with E-state index in [1.165, 1.54) is 27.4 Å². The summed E-state index contributed by atoms with van der Waals surface area (Å²) < 4.78 is 15.8. The zero-order chi connectivity index (χ0) is 19.1. The normalized spacial score (nSPS) is 10.7. The first-order valence-corrected chi connectivity index (χ1v) is 7.82. The number of nitrogens with one attached hydrogen (secondary N) is 1. The summed E-state index contributed by atoms with van der Waals surface area (Å²) in [5.41, 5.74) is 2.10. The molecule has 0 saturated heterocycles. The van der Waals surface area contributed by atoms with E-state index in [1.807, 2.05) is 31.2 Å². The Balaban J connectivity index is 2.38. The summed E-state index contributed by atoms with van der Waals surface area (Å²) >= 11 is 0. The molecule has 0 aromatic heterocycles. The maximum absolute atomic E-state index is 12.4. The molecule has 26 heavy (non-hydrogen) atoms. The van der Waals surface area contributed by atoms with Crippen molar-refractivity contribution in [1.82, 2.24) is 0 Å². The number of rotatable bonds is 6. The number of methoxy groups -OCH3 is 3. The molecule has 0 heterocycles. The molecule has 0 aliphatic rings. The van der Waals surface area contributed by atoms with Gasteiger partial charge in [0, 0.05) is 5.69 Å². The van der Waals surface area contributed by atoms with Gasteiger partial charge in [0.25, 0.3) is 5.91 Å². The van der Waals surface area contributed by atoms with Gasteiger partial charge in [-0.25, -0.2) is 0 Å². The van der Waals surface area contributed by atoms with Gasteiger partial charge in [-0.05, 0) is 42.3 Å². The van der Waals surface area contributed by atoms with Crippen LogP contribution in [0.2, 0.25) is 0 Å². The summed E-state index contributed by atoms with van der Waals surface area (Å²) in [5, 5.41) is 12.1. The van der Waals surface area contributed by atoms with Crippen molar-refractivity contribution in [2.45, 2.75) is 6.92 Å². The third-order valence-corrected chi connectivity index (χ3v) is 3.76. The quantitative estimate of drug-likeness (QED) is 0.635. The number of amides is 1. The summed E-state index contributed by atoms with van der Waals surface area (Å²) in [6.07, 6.45) is 1.47. The Morgan fingerprint density at radius 1 is 1.08 bits per heavy atom. The topological polar surface area (TPSA) is 80.6 Å². The number of hydrogen-bond donors (Lipinski definition) is 1. The number of benzene rings is 2. The molecule has 1 amide bonds. The lowest BCUT2D eigenvalue weighted by Gasteiger charge is -2.13. The van der Waals surface area contributed by atoms with Crippen LogP contribution < -0.4 is 19.5 Å². The first kappa shape index (κ1) is 18.9. The predicted molar refractivity (Wildman–Crippen MR) is 99.5 cm³/mol. The van der Waals surface area contributed by atoms with Crippen LogP contribution in [0, 0.1) is 18.3 Å². The zero-order valence-electron chi connectivity index (χ0n) is 15.1. The van der Waals surface area contributed by atoms with Crippen molar-refractivity contribution in [3.05, 3.63) is 53.1 Å². The van der Waals surface area contributed by atoms with Crippen LogP contribution in [0.4, 0.5) is 5.69 Å². The highest BCUT2D eigenvalue weighted by Crippen LogP contribution is 2.38. The molecule has 0 saturated carbocycles. The number of nitriles is 1. The fourth-order valence-corrected chi connectivity index (χ4v) is 2.40. The molecule has 0 aliphatic carbocycles. The first-order chi connectivity index (χ1) is 12.5. The van der Waals surface area contributed by atoms with Gasteiger partial charge in [0.05, 0.1) is 21.3 Å². The minimum absolute atomic E-state index is 0.0393. The van der Waals surface area contributed by atoms with Crippen LogP contribution in [0.3, 0.4) is 0 Å². The maximum Gasteiger partial charge on any atom is 0.266 e. The van der Waals surface area contributed by atoms with E-state index >= 15 is 0 Å². The van der Waals surface area contributed by atoms with Gasteiger partial charge in [0.15, 0.2) is 11.5 Å². The summed E-state index contributed by atoms with van der Waals surface area (Å²) in [5.74, 6) is 0.829. The van der Waals surface area contributed by atoms with E-state index in [-0.39, 0.29) is 5.57 Å². The number of anilines is 1. The van der Waals surface area contributed by atoms with Crippen molar-refractivity contribution >= 4 is 17.7 Å². The molecule has 6 nitrogen and oxygen atoms in total. The molecular weight excluding hydrogens is 332 g/mol. The maximum atomic E-state index is 12.4. The molecule has 2 aromatic carbocycles. The van der Waals surface area contributed by atoms with Gasteiger partial charge in [-0.3, -0.25) is 4.79 Å². The fraction of sp³-hybridized carbons (Fsp3) is 0.200. The summed E-state index contributed by atoms with van der Waals surface area (Å²) in [6, 6.07) is 12.6. The smallest absolute Gasteiger partial charge is 0.266 e. The Morgan fingerprint density at radius 3 is 2.19 bits per heavy atom. The number of carbonyl (C=O) groups excluding carboxylic acids is 1. The summed E-state index contributed by atoms with van der Waals surface area (Å²) in [4.78, 5) is 12.4. The van der Waals surface area contributed by atoms with E-state index < -0.39 is 5.91 Å². The number of carbonyl (C=O) groups is 1. The lowest BCUT2D eigenvalue weighted by molar-refractivity contribution is -0.112. The second kappa shape index (κ2) is 8.58. The van der Waals surface area contributed by atoms with Crippen molar-refractivity contribution in [1.29, 1.82) is 5.26 Å². The molecule has 0 unspecified atom stereocenters. The van der Waals surface area contributed by atoms with Crippen LogP contribution in [0.15, 0.2) is 42.0 Å². The lowest BCUT2D eigenvalue weighted by Crippen LogP contribution is -2.14.